The van der Waals surface area contributed by atoms with Crippen molar-refractivity contribution in [3.05, 3.63) is 48.3 Å². The normalized spacial score (nSPS) is 9.86. The third-order valence-electron chi connectivity index (χ3n) is 2.64. The molecule has 0 aliphatic rings. The Kier molecular flexibility index (Phi) is 5.73. The zero-order valence-corrected chi connectivity index (χ0v) is 12.1. The lowest BCUT2D eigenvalue weighted by Crippen LogP contribution is -2.12. The molecule has 0 saturated heterocycles. The van der Waals surface area contributed by atoms with E-state index in [0.29, 0.717) is 22.8 Å². The maximum absolute atomic E-state index is 11.8. The second-order valence-electron chi connectivity index (χ2n) is 4.19. The van der Waals surface area contributed by atoms with Gasteiger partial charge in [0.2, 0.25) is 5.91 Å². The lowest BCUT2D eigenvalue weighted by Gasteiger charge is -2.06. The van der Waals surface area contributed by atoms with Crippen LogP contribution in [0.2, 0.25) is 0 Å². The second kappa shape index (κ2) is 8.02. The van der Waals surface area contributed by atoms with Gasteiger partial charge in [-0.15, -0.1) is 0 Å². The van der Waals surface area contributed by atoms with E-state index in [4.69, 9.17) is 5.26 Å². The summed E-state index contributed by atoms with van der Waals surface area (Å²) in [7, 11) is 0. The third kappa shape index (κ3) is 4.89. The van der Waals surface area contributed by atoms with Gasteiger partial charge in [-0.25, -0.2) is 9.97 Å². The van der Waals surface area contributed by atoms with Crippen molar-refractivity contribution in [1.29, 1.82) is 5.26 Å². The maximum atomic E-state index is 11.8. The minimum absolute atomic E-state index is 0.0905. The summed E-state index contributed by atoms with van der Waals surface area (Å²) in [6.45, 7) is 0. The summed E-state index contributed by atoms with van der Waals surface area (Å²) < 4.78 is 0. The molecule has 106 valence electrons. The van der Waals surface area contributed by atoms with E-state index >= 15 is 0 Å². The molecular weight excluding hydrogens is 284 g/mol. The standard InChI is InChI=1S/C15H14N4OS/c16-11-12-5-1-2-6-13(12)19-14(20)7-3-10-21-15-17-8-4-9-18-15/h1-2,4-6,8-9H,3,7,10H2,(H,19,20). The number of nitrogens with zero attached hydrogens (tertiary/aromatic N) is 3. The smallest absolute Gasteiger partial charge is 0.224 e. The van der Waals surface area contributed by atoms with Gasteiger partial charge in [-0.3, -0.25) is 4.79 Å². The minimum Gasteiger partial charge on any atom is -0.325 e. The lowest BCUT2D eigenvalue weighted by atomic mass is 10.2. The summed E-state index contributed by atoms with van der Waals surface area (Å²) >= 11 is 1.52. The van der Waals surface area contributed by atoms with Gasteiger partial charge in [0.1, 0.15) is 6.07 Å². The summed E-state index contributed by atoms with van der Waals surface area (Å²) in [6, 6.07) is 10.8. The molecule has 0 radical (unpaired) electrons. The molecule has 2 rings (SSSR count). The fourth-order valence-electron chi connectivity index (χ4n) is 1.66. The van der Waals surface area contributed by atoms with Crippen molar-refractivity contribution < 1.29 is 4.79 Å². The number of anilines is 1. The molecular formula is C15H14N4OS. The van der Waals surface area contributed by atoms with Gasteiger partial charge in [0, 0.05) is 24.6 Å². The van der Waals surface area contributed by atoms with Crippen LogP contribution < -0.4 is 5.32 Å². The number of nitrogens with one attached hydrogen (secondary N) is 1. The lowest BCUT2D eigenvalue weighted by molar-refractivity contribution is -0.116. The summed E-state index contributed by atoms with van der Waals surface area (Å²) in [5.41, 5.74) is 1.03. The monoisotopic (exact) mass is 298 g/mol. The molecule has 5 nitrogen and oxygen atoms in total. The Morgan fingerprint density at radius 3 is 2.76 bits per heavy atom. The number of thioether (sulfide) groups is 1. The molecule has 0 spiro atoms. The Labute approximate surface area is 127 Å². The van der Waals surface area contributed by atoms with Crippen LogP contribution in [0.4, 0.5) is 5.69 Å². The van der Waals surface area contributed by atoms with E-state index in [2.05, 4.69) is 21.4 Å². The number of hydrogen-bond donors (Lipinski definition) is 1. The Morgan fingerprint density at radius 1 is 1.24 bits per heavy atom. The van der Waals surface area contributed by atoms with Gasteiger partial charge < -0.3 is 5.32 Å². The molecule has 21 heavy (non-hydrogen) atoms. The average molecular weight is 298 g/mol. The van der Waals surface area contributed by atoms with Crippen LogP contribution in [0.5, 0.6) is 0 Å². The number of hydrogen-bond acceptors (Lipinski definition) is 5. The molecule has 1 heterocycles. The quantitative estimate of drug-likeness (QED) is 0.504. The number of carbonyl (C=O) groups is 1. The van der Waals surface area contributed by atoms with Gasteiger partial charge in [-0.1, -0.05) is 23.9 Å². The van der Waals surface area contributed by atoms with Gasteiger partial charge in [-0.05, 0) is 24.6 Å². The first-order valence-electron chi connectivity index (χ1n) is 6.48. The molecule has 0 aliphatic heterocycles. The largest absolute Gasteiger partial charge is 0.325 e. The van der Waals surface area contributed by atoms with Crippen molar-refractivity contribution in [1.82, 2.24) is 9.97 Å². The molecule has 1 N–H and O–H groups in total. The SMILES string of the molecule is N#Cc1ccccc1NC(=O)CCCSc1ncccn1. The number of benzene rings is 1. The summed E-state index contributed by atoms with van der Waals surface area (Å²) in [4.78, 5) is 20.0. The van der Waals surface area contributed by atoms with Crippen molar-refractivity contribution in [3.8, 4) is 6.07 Å². The highest BCUT2D eigenvalue weighted by molar-refractivity contribution is 7.99. The van der Waals surface area contributed by atoms with E-state index in [-0.39, 0.29) is 5.91 Å². The number of aromatic nitrogens is 2. The highest BCUT2D eigenvalue weighted by atomic mass is 32.2. The highest BCUT2D eigenvalue weighted by Crippen LogP contribution is 2.16. The van der Waals surface area contributed by atoms with Crippen LogP contribution in [0.1, 0.15) is 18.4 Å². The number of amides is 1. The molecule has 0 aliphatic carbocycles. The summed E-state index contributed by atoms with van der Waals surface area (Å²) in [5, 5.41) is 12.4. The van der Waals surface area contributed by atoms with E-state index in [1.807, 2.05) is 0 Å². The molecule has 6 heteroatoms. The van der Waals surface area contributed by atoms with E-state index in [1.165, 1.54) is 11.8 Å². The highest BCUT2D eigenvalue weighted by Gasteiger charge is 2.06. The molecule has 0 fully saturated rings. The number of rotatable bonds is 6. The molecule has 0 atom stereocenters. The van der Waals surface area contributed by atoms with Gasteiger partial charge in [0.15, 0.2) is 5.16 Å². The van der Waals surface area contributed by atoms with E-state index in [9.17, 15) is 4.79 Å². The Bertz CT molecular complexity index is 640. The van der Waals surface area contributed by atoms with Crippen LogP contribution in [-0.4, -0.2) is 21.6 Å². The van der Waals surface area contributed by atoms with Gasteiger partial charge in [0.05, 0.1) is 11.3 Å². The van der Waals surface area contributed by atoms with Gasteiger partial charge in [-0.2, -0.15) is 5.26 Å². The Morgan fingerprint density at radius 2 is 2.00 bits per heavy atom. The predicted octanol–water partition coefficient (Wildman–Crippen LogP) is 2.86. The zero-order chi connectivity index (χ0) is 14.9. The minimum atomic E-state index is -0.0905. The molecule has 0 bridgehead atoms. The Hall–Kier alpha value is -2.39. The second-order valence-corrected chi connectivity index (χ2v) is 5.25. The molecule has 1 aromatic carbocycles. The predicted molar refractivity (Wildman–Crippen MR) is 81.8 cm³/mol. The van der Waals surface area contributed by atoms with Gasteiger partial charge >= 0.3 is 0 Å². The topological polar surface area (TPSA) is 78.7 Å². The maximum Gasteiger partial charge on any atom is 0.224 e. The van der Waals surface area contributed by atoms with E-state index in [0.717, 1.165) is 12.2 Å². The fourth-order valence-corrected chi connectivity index (χ4v) is 2.40. The van der Waals surface area contributed by atoms with Crippen LogP contribution in [-0.2, 0) is 4.79 Å². The number of para-hydroxylation sites is 1. The molecule has 2 aromatic rings. The van der Waals surface area contributed by atoms with Crippen molar-refractivity contribution in [2.75, 3.05) is 11.1 Å². The van der Waals surface area contributed by atoms with Crippen LogP contribution in [0.3, 0.4) is 0 Å². The number of carbonyl (C=O) groups excluding carboxylic acids is 1. The summed E-state index contributed by atoms with van der Waals surface area (Å²) in [6.07, 6.45) is 4.52. The van der Waals surface area contributed by atoms with E-state index < -0.39 is 0 Å². The summed E-state index contributed by atoms with van der Waals surface area (Å²) in [5.74, 6) is 0.685. The van der Waals surface area contributed by atoms with Crippen LogP contribution in [0, 0.1) is 11.3 Å². The zero-order valence-electron chi connectivity index (χ0n) is 11.3. The Balaban J connectivity index is 1.74. The third-order valence-corrected chi connectivity index (χ3v) is 3.60. The van der Waals surface area contributed by atoms with Crippen molar-refractivity contribution in [3.63, 3.8) is 0 Å². The van der Waals surface area contributed by atoms with Crippen molar-refractivity contribution in [2.45, 2.75) is 18.0 Å². The fraction of sp³-hybridized carbons (Fsp3) is 0.200. The van der Waals surface area contributed by atoms with Crippen LogP contribution >= 0.6 is 11.8 Å². The first kappa shape index (κ1) is 15.0. The van der Waals surface area contributed by atoms with Crippen LogP contribution in [0.25, 0.3) is 0 Å². The first-order valence-corrected chi connectivity index (χ1v) is 7.47. The van der Waals surface area contributed by atoms with Crippen molar-refractivity contribution >= 4 is 23.4 Å². The first-order chi connectivity index (χ1) is 10.3. The van der Waals surface area contributed by atoms with Crippen LogP contribution in [0.15, 0.2) is 47.9 Å². The van der Waals surface area contributed by atoms with E-state index in [1.54, 1.807) is 42.7 Å². The molecule has 1 aromatic heterocycles. The molecule has 0 saturated carbocycles. The average Bonchev–Trinajstić information content (AvgIpc) is 2.53. The molecule has 1 amide bonds. The number of nitriles is 1. The molecule has 0 unspecified atom stereocenters. The van der Waals surface area contributed by atoms with Gasteiger partial charge in [0.25, 0.3) is 0 Å². The van der Waals surface area contributed by atoms with Crippen molar-refractivity contribution in [2.24, 2.45) is 0 Å².